The SMILES string of the molecule is CC(O)C(OC(C)(C)C)N1CCNC[C@H]1CO. The molecule has 0 aromatic heterocycles. The summed E-state index contributed by atoms with van der Waals surface area (Å²) in [6, 6.07) is 0.00528. The molecule has 0 aliphatic carbocycles. The summed E-state index contributed by atoms with van der Waals surface area (Å²) in [6.07, 6.45) is -0.948. The molecule has 0 saturated carbocycles. The fourth-order valence-corrected chi connectivity index (χ4v) is 2.09. The van der Waals surface area contributed by atoms with Crippen LogP contribution < -0.4 is 5.32 Å². The van der Waals surface area contributed by atoms with Gasteiger partial charge in [-0.2, -0.15) is 0 Å². The molecule has 1 aliphatic rings. The zero-order chi connectivity index (χ0) is 13.1. The minimum Gasteiger partial charge on any atom is -0.395 e. The second-order valence-corrected chi connectivity index (χ2v) is 5.64. The fraction of sp³-hybridized carbons (Fsp3) is 1.00. The molecule has 0 spiro atoms. The number of aliphatic hydroxyl groups is 2. The van der Waals surface area contributed by atoms with E-state index < -0.39 is 6.10 Å². The van der Waals surface area contributed by atoms with Crippen LogP contribution in [0.15, 0.2) is 0 Å². The lowest BCUT2D eigenvalue weighted by atomic mass is 10.1. The predicted molar refractivity (Wildman–Crippen MR) is 66.8 cm³/mol. The highest BCUT2D eigenvalue weighted by atomic mass is 16.5. The van der Waals surface area contributed by atoms with Gasteiger partial charge >= 0.3 is 0 Å². The van der Waals surface area contributed by atoms with Crippen molar-refractivity contribution in [1.29, 1.82) is 0 Å². The predicted octanol–water partition coefficient (Wildman–Crippen LogP) is -0.225. The van der Waals surface area contributed by atoms with Gasteiger partial charge in [0.15, 0.2) is 0 Å². The molecule has 3 N–H and O–H groups in total. The van der Waals surface area contributed by atoms with Gasteiger partial charge in [-0.15, -0.1) is 0 Å². The van der Waals surface area contributed by atoms with Gasteiger partial charge in [0, 0.05) is 25.7 Å². The van der Waals surface area contributed by atoms with Crippen LogP contribution in [-0.4, -0.2) is 65.3 Å². The monoisotopic (exact) mass is 246 g/mol. The Morgan fingerprint density at radius 3 is 2.59 bits per heavy atom. The van der Waals surface area contributed by atoms with Crippen molar-refractivity contribution in [3.63, 3.8) is 0 Å². The molecule has 3 atom stereocenters. The van der Waals surface area contributed by atoms with E-state index in [1.54, 1.807) is 6.92 Å². The molecule has 0 radical (unpaired) electrons. The highest BCUT2D eigenvalue weighted by Gasteiger charge is 2.34. The number of nitrogens with zero attached hydrogens (tertiary/aromatic N) is 1. The summed E-state index contributed by atoms with van der Waals surface area (Å²) in [5.74, 6) is 0. The van der Waals surface area contributed by atoms with E-state index >= 15 is 0 Å². The van der Waals surface area contributed by atoms with E-state index in [2.05, 4.69) is 5.32 Å². The van der Waals surface area contributed by atoms with Crippen molar-refractivity contribution in [3.8, 4) is 0 Å². The first-order valence-electron chi connectivity index (χ1n) is 6.28. The number of hydrogen-bond acceptors (Lipinski definition) is 5. The third-order valence-electron chi connectivity index (χ3n) is 2.82. The zero-order valence-electron chi connectivity index (χ0n) is 11.3. The molecule has 1 fully saturated rings. The van der Waals surface area contributed by atoms with Gasteiger partial charge in [0.1, 0.15) is 6.23 Å². The summed E-state index contributed by atoms with van der Waals surface area (Å²) in [5, 5.41) is 22.5. The van der Waals surface area contributed by atoms with Crippen LogP contribution in [0.25, 0.3) is 0 Å². The summed E-state index contributed by atoms with van der Waals surface area (Å²) in [7, 11) is 0. The molecule has 5 nitrogen and oxygen atoms in total. The Bertz CT molecular complexity index is 228. The van der Waals surface area contributed by atoms with Crippen LogP contribution in [0.4, 0.5) is 0 Å². The van der Waals surface area contributed by atoms with Crippen molar-refractivity contribution in [2.24, 2.45) is 0 Å². The Morgan fingerprint density at radius 2 is 2.12 bits per heavy atom. The minimum absolute atomic E-state index is 0.00528. The molecule has 1 heterocycles. The average molecular weight is 246 g/mol. The lowest BCUT2D eigenvalue weighted by Crippen LogP contribution is -2.60. The second kappa shape index (κ2) is 6.11. The number of piperazine rings is 1. The van der Waals surface area contributed by atoms with E-state index in [4.69, 9.17) is 4.74 Å². The van der Waals surface area contributed by atoms with Gasteiger partial charge in [0.2, 0.25) is 0 Å². The molecular formula is C12H26N2O3. The van der Waals surface area contributed by atoms with E-state index in [1.807, 2.05) is 25.7 Å². The van der Waals surface area contributed by atoms with Gasteiger partial charge in [-0.25, -0.2) is 0 Å². The van der Waals surface area contributed by atoms with Crippen molar-refractivity contribution in [2.75, 3.05) is 26.2 Å². The molecule has 0 aromatic carbocycles. The molecule has 0 aromatic rings. The Balaban J connectivity index is 2.74. The molecule has 1 aliphatic heterocycles. The molecule has 5 heteroatoms. The summed E-state index contributed by atoms with van der Waals surface area (Å²) in [5.41, 5.74) is -0.313. The topological polar surface area (TPSA) is 65.0 Å². The number of aliphatic hydroxyl groups excluding tert-OH is 2. The molecule has 17 heavy (non-hydrogen) atoms. The van der Waals surface area contributed by atoms with Gasteiger partial charge < -0.3 is 20.3 Å². The molecule has 1 saturated heterocycles. The third-order valence-corrected chi connectivity index (χ3v) is 2.82. The van der Waals surface area contributed by atoms with Crippen molar-refractivity contribution < 1.29 is 14.9 Å². The van der Waals surface area contributed by atoms with Crippen LogP contribution in [0.5, 0.6) is 0 Å². The Kier molecular flexibility index (Phi) is 5.34. The maximum absolute atomic E-state index is 9.87. The normalized spacial score (nSPS) is 26.8. The van der Waals surface area contributed by atoms with Crippen molar-refractivity contribution in [1.82, 2.24) is 10.2 Å². The highest BCUT2D eigenvalue weighted by molar-refractivity contribution is 4.84. The molecule has 0 amide bonds. The Hall–Kier alpha value is -0.200. The van der Waals surface area contributed by atoms with Gasteiger partial charge in [-0.3, -0.25) is 4.90 Å². The van der Waals surface area contributed by atoms with Crippen molar-refractivity contribution >= 4 is 0 Å². The van der Waals surface area contributed by atoms with Crippen LogP contribution in [0.2, 0.25) is 0 Å². The highest BCUT2D eigenvalue weighted by Crippen LogP contribution is 2.19. The number of nitrogens with one attached hydrogen (secondary N) is 1. The zero-order valence-corrected chi connectivity index (χ0v) is 11.3. The molecule has 102 valence electrons. The van der Waals surface area contributed by atoms with Gasteiger partial charge in [-0.05, 0) is 27.7 Å². The number of hydrogen-bond donors (Lipinski definition) is 3. The fourth-order valence-electron chi connectivity index (χ4n) is 2.09. The summed E-state index contributed by atoms with van der Waals surface area (Å²) in [6.45, 7) is 10.1. The van der Waals surface area contributed by atoms with Gasteiger partial charge in [0.05, 0.1) is 18.3 Å². The van der Waals surface area contributed by atoms with Crippen LogP contribution in [-0.2, 0) is 4.74 Å². The summed E-state index contributed by atoms with van der Waals surface area (Å²) < 4.78 is 5.91. The third kappa shape index (κ3) is 4.52. The van der Waals surface area contributed by atoms with Crippen LogP contribution in [0.3, 0.4) is 0 Å². The first kappa shape index (κ1) is 14.9. The van der Waals surface area contributed by atoms with Crippen LogP contribution >= 0.6 is 0 Å². The Labute approximate surface area is 104 Å². The Morgan fingerprint density at radius 1 is 1.47 bits per heavy atom. The van der Waals surface area contributed by atoms with Crippen LogP contribution in [0.1, 0.15) is 27.7 Å². The maximum Gasteiger partial charge on any atom is 0.137 e. The largest absolute Gasteiger partial charge is 0.395 e. The van der Waals surface area contributed by atoms with Gasteiger partial charge in [-0.1, -0.05) is 0 Å². The quantitative estimate of drug-likeness (QED) is 0.640. The van der Waals surface area contributed by atoms with Gasteiger partial charge in [0.25, 0.3) is 0 Å². The molecule has 1 rings (SSSR count). The van der Waals surface area contributed by atoms with Crippen LogP contribution in [0, 0.1) is 0 Å². The smallest absolute Gasteiger partial charge is 0.137 e. The van der Waals surface area contributed by atoms with E-state index in [1.165, 1.54) is 0 Å². The number of rotatable bonds is 4. The first-order chi connectivity index (χ1) is 7.85. The summed E-state index contributed by atoms with van der Waals surface area (Å²) in [4.78, 5) is 2.05. The molecule has 0 bridgehead atoms. The van der Waals surface area contributed by atoms with E-state index in [-0.39, 0.29) is 24.5 Å². The van der Waals surface area contributed by atoms with Crippen molar-refractivity contribution in [3.05, 3.63) is 0 Å². The van der Waals surface area contributed by atoms with E-state index in [0.717, 1.165) is 19.6 Å². The van der Waals surface area contributed by atoms with Crippen molar-refractivity contribution in [2.45, 2.75) is 51.7 Å². The number of ether oxygens (including phenoxy) is 1. The molecular weight excluding hydrogens is 220 g/mol. The van der Waals surface area contributed by atoms with E-state index in [9.17, 15) is 10.2 Å². The molecule has 2 unspecified atom stereocenters. The lowest BCUT2D eigenvalue weighted by Gasteiger charge is -2.43. The summed E-state index contributed by atoms with van der Waals surface area (Å²) >= 11 is 0. The van der Waals surface area contributed by atoms with E-state index in [0.29, 0.717) is 0 Å². The average Bonchev–Trinajstić information content (AvgIpc) is 2.24. The second-order valence-electron chi connectivity index (χ2n) is 5.64. The lowest BCUT2D eigenvalue weighted by molar-refractivity contribution is -0.190. The standard InChI is InChI=1S/C12H26N2O3/c1-9(16)11(17-12(2,3)4)14-6-5-13-7-10(14)8-15/h9-11,13,15-16H,5-8H2,1-4H3/t9?,10-,11?/m0/s1. The minimum atomic E-state index is -0.582. The maximum atomic E-state index is 9.87. The first-order valence-corrected chi connectivity index (χ1v) is 6.28.